The van der Waals surface area contributed by atoms with Crippen LogP contribution in [-0.2, 0) is 16.1 Å². The maximum atomic E-state index is 13.3. The summed E-state index contributed by atoms with van der Waals surface area (Å²) in [6.07, 6.45) is 0.498. The normalized spacial score (nSPS) is 16.9. The summed E-state index contributed by atoms with van der Waals surface area (Å²) >= 11 is 0. The molecule has 4 amide bonds. The van der Waals surface area contributed by atoms with Crippen LogP contribution >= 0.6 is 0 Å². The lowest BCUT2D eigenvalue weighted by Crippen LogP contribution is -2.59. The van der Waals surface area contributed by atoms with Crippen molar-refractivity contribution in [3.05, 3.63) is 77.9 Å². The maximum Gasteiger partial charge on any atom is 0.501 e. The number of carbonyl (C=O) groups is 3. The Hall–Kier alpha value is -4.25. The lowest BCUT2D eigenvalue weighted by atomic mass is 10.0. The van der Waals surface area contributed by atoms with Crippen LogP contribution in [0.25, 0.3) is 0 Å². The summed E-state index contributed by atoms with van der Waals surface area (Å²) in [4.78, 5) is 39.5. The summed E-state index contributed by atoms with van der Waals surface area (Å²) in [5.74, 6) is -0.550. The zero-order valence-corrected chi connectivity index (χ0v) is 16.6. The van der Waals surface area contributed by atoms with Gasteiger partial charge < -0.3 is 10.1 Å². The van der Waals surface area contributed by atoms with Gasteiger partial charge in [0.25, 0.3) is 12.0 Å². The Morgan fingerprint density at radius 1 is 1.23 bits per heavy atom. The Kier molecular flexibility index (Phi) is 5.33. The smallest absolute Gasteiger partial charge is 0.469 e. The molecule has 2 aromatic rings. The van der Waals surface area contributed by atoms with Gasteiger partial charge >= 0.3 is 11.9 Å². The van der Waals surface area contributed by atoms with Gasteiger partial charge in [-0.3, -0.25) is 4.79 Å². The fourth-order valence-electron chi connectivity index (χ4n) is 3.60. The molecule has 31 heavy (non-hydrogen) atoms. The third-order valence-corrected chi connectivity index (χ3v) is 5.07. The molecule has 0 radical (unpaired) electrons. The molecule has 0 saturated heterocycles. The monoisotopic (exact) mass is 415 g/mol. The number of para-hydroxylation sites is 1. The molecule has 8 nitrogen and oxygen atoms in total. The topological polar surface area (TPSA) is 103 Å². The Morgan fingerprint density at radius 2 is 1.97 bits per heavy atom. The van der Waals surface area contributed by atoms with E-state index in [1.807, 2.05) is 6.07 Å². The number of benzene rings is 2. The molecule has 0 aliphatic carbocycles. The molecule has 0 saturated carbocycles. The quantitative estimate of drug-likeness (QED) is 0.570. The minimum atomic E-state index is -1.01. The van der Waals surface area contributed by atoms with Gasteiger partial charge in [0.2, 0.25) is 0 Å². The first-order chi connectivity index (χ1) is 15.0. The number of fused-ring (bicyclic) bond motifs is 3. The summed E-state index contributed by atoms with van der Waals surface area (Å²) in [7, 11) is 0. The molecule has 0 fully saturated rings. The molecule has 154 valence electrons. The first-order valence-corrected chi connectivity index (χ1v) is 9.66. The molecule has 0 aromatic heterocycles. The van der Waals surface area contributed by atoms with Crippen molar-refractivity contribution >= 4 is 23.6 Å². The largest absolute Gasteiger partial charge is 0.501 e. The van der Waals surface area contributed by atoms with E-state index in [0.29, 0.717) is 22.6 Å². The van der Waals surface area contributed by atoms with Crippen molar-refractivity contribution in [1.82, 2.24) is 10.2 Å². The Labute approximate surface area is 178 Å². The first kappa shape index (κ1) is 20.0. The average Bonchev–Trinajstić information content (AvgIpc) is 3.18. The number of imide groups is 1. The molecular weight excluding hydrogens is 396 g/mol. The van der Waals surface area contributed by atoms with Crippen molar-refractivity contribution in [3.8, 4) is 11.8 Å². The van der Waals surface area contributed by atoms with Crippen LogP contribution in [0.3, 0.4) is 0 Å². The minimum absolute atomic E-state index is 0.159. The van der Waals surface area contributed by atoms with Gasteiger partial charge in [-0.05, 0) is 29.8 Å². The van der Waals surface area contributed by atoms with Crippen molar-refractivity contribution < 1.29 is 23.7 Å². The first-order valence-electron chi connectivity index (χ1n) is 9.66. The zero-order chi connectivity index (χ0) is 22.0. The summed E-state index contributed by atoms with van der Waals surface area (Å²) in [6.45, 7) is 3.50. The highest BCUT2D eigenvalue weighted by molar-refractivity contribution is 6.22. The Balaban J connectivity index is 1.74. The average molecular weight is 415 g/mol. The SMILES string of the molecule is C=CCNC(=O)CN1C(=O)C2Oc3ccccc3C2=[N+](Cc2ccc(C#N)cc2)C1=O. The van der Waals surface area contributed by atoms with Crippen molar-refractivity contribution in [2.24, 2.45) is 0 Å². The summed E-state index contributed by atoms with van der Waals surface area (Å²) in [5.41, 5.74) is 2.40. The van der Waals surface area contributed by atoms with Gasteiger partial charge in [0, 0.05) is 6.54 Å². The third kappa shape index (κ3) is 3.69. The van der Waals surface area contributed by atoms with E-state index in [2.05, 4.69) is 18.0 Å². The second-order valence-corrected chi connectivity index (χ2v) is 7.07. The van der Waals surface area contributed by atoms with Gasteiger partial charge in [-0.15, -0.1) is 11.5 Å². The summed E-state index contributed by atoms with van der Waals surface area (Å²) in [5, 5.41) is 11.6. The number of nitrogens with one attached hydrogen (secondary N) is 1. The molecule has 2 heterocycles. The summed E-state index contributed by atoms with van der Waals surface area (Å²) < 4.78 is 7.31. The molecule has 0 spiro atoms. The molecule has 4 rings (SSSR count). The predicted molar refractivity (Wildman–Crippen MR) is 110 cm³/mol. The number of hydrogen-bond donors (Lipinski definition) is 1. The van der Waals surface area contributed by atoms with Crippen LogP contribution in [0.2, 0.25) is 0 Å². The highest BCUT2D eigenvalue weighted by Crippen LogP contribution is 2.32. The van der Waals surface area contributed by atoms with Crippen LogP contribution in [0, 0.1) is 11.3 Å². The fourth-order valence-corrected chi connectivity index (χ4v) is 3.60. The minimum Gasteiger partial charge on any atom is -0.469 e. The van der Waals surface area contributed by atoms with Gasteiger partial charge in [-0.1, -0.05) is 30.3 Å². The molecule has 0 bridgehead atoms. The van der Waals surface area contributed by atoms with Crippen LogP contribution in [0.5, 0.6) is 5.75 Å². The zero-order valence-electron chi connectivity index (χ0n) is 16.6. The number of urea groups is 1. The highest BCUT2D eigenvalue weighted by atomic mass is 16.5. The van der Waals surface area contributed by atoms with Gasteiger partial charge in [0.05, 0.1) is 17.2 Å². The van der Waals surface area contributed by atoms with Crippen molar-refractivity contribution in [1.29, 1.82) is 5.26 Å². The highest BCUT2D eigenvalue weighted by Gasteiger charge is 2.54. The molecule has 2 aliphatic heterocycles. The van der Waals surface area contributed by atoms with Crippen LogP contribution in [-0.4, -0.2) is 52.2 Å². The van der Waals surface area contributed by atoms with E-state index in [0.717, 1.165) is 10.5 Å². The lowest BCUT2D eigenvalue weighted by molar-refractivity contribution is -0.456. The maximum absolute atomic E-state index is 13.3. The van der Waals surface area contributed by atoms with E-state index < -0.39 is 30.5 Å². The molecular formula is C23H19N4O4+. The molecule has 2 aliphatic rings. The van der Waals surface area contributed by atoms with Gasteiger partial charge in [0.1, 0.15) is 12.3 Å². The number of nitriles is 1. The molecule has 1 atom stereocenters. The molecule has 1 N–H and O–H groups in total. The van der Waals surface area contributed by atoms with Gasteiger partial charge in [0.15, 0.2) is 12.3 Å². The Morgan fingerprint density at radius 3 is 2.68 bits per heavy atom. The second kappa shape index (κ2) is 8.24. The summed E-state index contributed by atoms with van der Waals surface area (Å²) in [6, 6.07) is 15.4. The third-order valence-electron chi connectivity index (χ3n) is 5.07. The van der Waals surface area contributed by atoms with E-state index in [1.165, 1.54) is 10.7 Å². The van der Waals surface area contributed by atoms with Crippen LogP contribution in [0.4, 0.5) is 4.79 Å². The molecule has 8 heteroatoms. The Bertz CT molecular complexity index is 1160. The fraction of sp³-hybridized carbons (Fsp3) is 0.174. The lowest BCUT2D eigenvalue weighted by Gasteiger charge is -2.24. The van der Waals surface area contributed by atoms with Crippen LogP contribution < -0.4 is 10.1 Å². The van der Waals surface area contributed by atoms with Gasteiger partial charge in [-0.25, -0.2) is 4.79 Å². The predicted octanol–water partition coefficient (Wildman–Crippen LogP) is 1.59. The van der Waals surface area contributed by atoms with E-state index in [1.54, 1.807) is 42.5 Å². The van der Waals surface area contributed by atoms with Crippen molar-refractivity contribution in [3.63, 3.8) is 0 Å². The standard InChI is InChI=1S/C23H18N4O4/c1-2-11-25-19(28)14-27-22(29)21-20(17-5-3-4-6-18(17)31-21)26(23(27)30)13-16-9-7-15(12-24)8-10-16/h2-10,21H,1,11,13-14H2/p+1. The number of ether oxygens (including phenoxy) is 1. The molecule has 1 unspecified atom stereocenters. The van der Waals surface area contributed by atoms with Crippen molar-refractivity contribution in [2.75, 3.05) is 13.1 Å². The number of amides is 4. The number of hydrogen-bond acceptors (Lipinski definition) is 5. The van der Waals surface area contributed by atoms with Crippen LogP contribution in [0.1, 0.15) is 16.7 Å². The van der Waals surface area contributed by atoms with Gasteiger partial charge in [-0.2, -0.15) is 14.6 Å². The van der Waals surface area contributed by atoms with E-state index in [4.69, 9.17) is 10.00 Å². The van der Waals surface area contributed by atoms with E-state index >= 15 is 0 Å². The number of nitrogens with zero attached hydrogens (tertiary/aromatic N) is 3. The number of rotatable bonds is 6. The molecule has 2 aromatic carbocycles. The number of carbonyl (C=O) groups excluding carboxylic acids is 3. The van der Waals surface area contributed by atoms with Crippen LogP contribution in [0.15, 0.2) is 61.2 Å². The van der Waals surface area contributed by atoms with Crippen molar-refractivity contribution in [2.45, 2.75) is 12.6 Å². The van der Waals surface area contributed by atoms with E-state index in [9.17, 15) is 14.4 Å². The van der Waals surface area contributed by atoms with E-state index in [-0.39, 0.29) is 13.1 Å². The second-order valence-electron chi connectivity index (χ2n) is 7.07.